The van der Waals surface area contributed by atoms with Crippen LogP contribution in [0.15, 0.2) is 6.58 Å². The lowest BCUT2D eigenvalue weighted by Crippen LogP contribution is -2.02. The number of aromatic nitrogens is 2. The summed E-state index contributed by atoms with van der Waals surface area (Å²) in [6.07, 6.45) is 3.55. The molecule has 0 aliphatic heterocycles. The van der Waals surface area contributed by atoms with Gasteiger partial charge in [0.05, 0.1) is 0 Å². The van der Waals surface area contributed by atoms with Gasteiger partial charge in [0, 0.05) is 23.5 Å². The van der Waals surface area contributed by atoms with Crippen LogP contribution in [0, 0.1) is 0 Å². The van der Waals surface area contributed by atoms with E-state index in [1.807, 2.05) is 11.6 Å². The van der Waals surface area contributed by atoms with Crippen molar-refractivity contribution in [3.05, 3.63) is 17.8 Å². The zero-order valence-electron chi connectivity index (χ0n) is 8.93. The quantitative estimate of drug-likeness (QED) is 0.794. The molecule has 1 aromatic heterocycles. The summed E-state index contributed by atoms with van der Waals surface area (Å²) in [5, 5.41) is 7.84. The second kappa shape index (κ2) is 3.48. The highest BCUT2D eigenvalue weighted by atomic mass is 15.3. The van der Waals surface area contributed by atoms with Crippen molar-refractivity contribution in [2.75, 3.05) is 11.9 Å². The van der Waals surface area contributed by atoms with Crippen molar-refractivity contribution in [3.8, 4) is 0 Å². The fraction of sp³-hybridized carbons (Fsp3) is 0.545. The van der Waals surface area contributed by atoms with E-state index in [4.69, 9.17) is 0 Å². The minimum atomic E-state index is 0.930. The molecule has 1 aliphatic rings. The van der Waals surface area contributed by atoms with E-state index in [-0.39, 0.29) is 0 Å². The molecule has 0 saturated carbocycles. The molecule has 0 aromatic carbocycles. The molecule has 76 valence electrons. The van der Waals surface area contributed by atoms with Crippen molar-refractivity contribution in [1.82, 2.24) is 9.78 Å². The monoisotopic (exact) mass is 191 g/mol. The molecule has 0 unspecified atom stereocenters. The Morgan fingerprint density at radius 1 is 1.57 bits per heavy atom. The SMILES string of the molecule is C=C(C)n1nc(NCC)c2c1CCC2. The first-order chi connectivity index (χ1) is 6.74. The average molecular weight is 191 g/mol. The summed E-state index contributed by atoms with van der Waals surface area (Å²) in [4.78, 5) is 0. The van der Waals surface area contributed by atoms with Crippen molar-refractivity contribution < 1.29 is 0 Å². The Morgan fingerprint density at radius 3 is 3.00 bits per heavy atom. The third kappa shape index (κ3) is 1.33. The topological polar surface area (TPSA) is 29.9 Å². The fourth-order valence-corrected chi connectivity index (χ4v) is 2.06. The second-order valence-corrected chi connectivity index (χ2v) is 3.80. The molecule has 14 heavy (non-hydrogen) atoms. The molecule has 1 aliphatic carbocycles. The van der Waals surface area contributed by atoms with Crippen molar-refractivity contribution in [2.24, 2.45) is 0 Å². The van der Waals surface area contributed by atoms with Crippen LogP contribution in [0.25, 0.3) is 5.70 Å². The summed E-state index contributed by atoms with van der Waals surface area (Å²) < 4.78 is 1.99. The maximum atomic E-state index is 4.53. The predicted octanol–water partition coefficient (Wildman–Crippen LogP) is 2.29. The third-order valence-corrected chi connectivity index (χ3v) is 2.64. The molecular formula is C11H17N3. The summed E-state index contributed by atoms with van der Waals surface area (Å²) in [5.41, 5.74) is 3.76. The number of nitrogens with one attached hydrogen (secondary N) is 1. The predicted molar refractivity (Wildman–Crippen MR) is 59.4 cm³/mol. The lowest BCUT2D eigenvalue weighted by molar-refractivity contribution is 0.795. The van der Waals surface area contributed by atoms with Crippen molar-refractivity contribution in [2.45, 2.75) is 33.1 Å². The molecule has 0 spiro atoms. The first-order valence-electron chi connectivity index (χ1n) is 5.24. The number of allylic oxidation sites excluding steroid dienone is 1. The van der Waals surface area contributed by atoms with E-state index < -0.39 is 0 Å². The van der Waals surface area contributed by atoms with Crippen LogP contribution < -0.4 is 5.32 Å². The van der Waals surface area contributed by atoms with E-state index in [1.165, 1.54) is 17.7 Å². The van der Waals surface area contributed by atoms with E-state index in [2.05, 4.69) is 23.9 Å². The van der Waals surface area contributed by atoms with Crippen molar-refractivity contribution >= 4 is 11.5 Å². The van der Waals surface area contributed by atoms with Gasteiger partial charge in [-0.3, -0.25) is 0 Å². The maximum Gasteiger partial charge on any atom is 0.151 e. The minimum absolute atomic E-state index is 0.930. The Labute approximate surface area is 84.8 Å². The molecule has 1 heterocycles. The largest absolute Gasteiger partial charge is 0.369 e. The summed E-state index contributed by atoms with van der Waals surface area (Å²) in [6.45, 7) is 8.98. The van der Waals surface area contributed by atoms with Crippen molar-refractivity contribution in [3.63, 3.8) is 0 Å². The van der Waals surface area contributed by atoms with Crippen LogP contribution in [0.2, 0.25) is 0 Å². The summed E-state index contributed by atoms with van der Waals surface area (Å²) in [7, 11) is 0. The number of anilines is 1. The number of hydrogen-bond donors (Lipinski definition) is 1. The molecule has 0 amide bonds. The van der Waals surface area contributed by atoms with Crippen LogP contribution in [-0.2, 0) is 12.8 Å². The Morgan fingerprint density at radius 2 is 2.36 bits per heavy atom. The Kier molecular flexibility index (Phi) is 2.32. The maximum absolute atomic E-state index is 4.53. The molecule has 0 fully saturated rings. The lowest BCUT2D eigenvalue weighted by Gasteiger charge is -2.02. The normalized spacial score (nSPS) is 14.1. The van der Waals surface area contributed by atoms with Gasteiger partial charge in [-0.25, -0.2) is 4.68 Å². The van der Waals surface area contributed by atoms with E-state index in [0.717, 1.165) is 30.9 Å². The number of fused-ring (bicyclic) bond motifs is 1. The molecule has 1 aromatic rings. The lowest BCUT2D eigenvalue weighted by atomic mass is 10.2. The van der Waals surface area contributed by atoms with Crippen LogP contribution in [0.3, 0.4) is 0 Å². The molecule has 1 N–H and O–H groups in total. The fourth-order valence-electron chi connectivity index (χ4n) is 2.06. The van der Waals surface area contributed by atoms with Gasteiger partial charge in [-0.15, -0.1) is 0 Å². The molecular weight excluding hydrogens is 174 g/mol. The third-order valence-electron chi connectivity index (χ3n) is 2.64. The molecule has 0 radical (unpaired) electrons. The molecule has 0 saturated heterocycles. The van der Waals surface area contributed by atoms with Crippen molar-refractivity contribution in [1.29, 1.82) is 0 Å². The van der Waals surface area contributed by atoms with E-state index in [0.29, 0.717) is 0 Å². The van der Waals surface area contributed by atoms with E-state index >= 15 is 0 Å². The van der Waals surface area contributed by atoms with E-state index in [1.54, 1.807) is 0 Å². The van der Waals surface area contributed by atoms with Gasteiger partial charge in [0.15, 0.2) is 5.82 Å². The highest BCUT2D eigenvalue weighted by Gasteiger charge is 2.21. The minimum Gasteiger partial charge on any atom is -0.369 e. The van der Waals surface area contributed by atoms with Crippen LogP contribution >= 0.6 is 0 Å². The van der Waals surface area contributed by atoms with E-state index in [9.17, 15) is 0 Å². The van der Waals surface area contributed by atoms with Crippen LogP contribution in [0.5, 0.6) is 0 Å². The first-order valence-corrected chi connectivity index (χ1v) is 5.24. The number of hydrogen-bond acceptors (Lipinski definition) is 2. The first kappa shape index (κ1) is 9.31. The zero-order valence-corrected chi connectivity index (χ0v) is 8.93. The van der Waals surface area contributed by atoms with Crippen LogP contribution in [-0.4, -0.2) is 16.3 Å². The van der Waals surface area contributed by atoms with Gasteiger partial charge in [0.1, 0.15) is 0 Å². The van der Waals surface area contributed by atoms with Gasteiger partial charge in [-0.2, -0.15) is 5.10 Å². The van der Waals surface area contributed by atoms with Gasteiger partial charge < -0.3 is 5.32 Å². The molecule has 0 atom stereocenters. The molecule has 2 rings (SSSR count). The standard InChI is InChI=1S/C11H17N3/c1-4-12-11-9-6-5-7-10(9)14(13-11)8(2)3/h2,4-7H2,1,3H3,(H,12,13). The Balaban J connectivity index is 2.44. The van der Waals surface area contributed by atoms with Gasteiger partial charge in [-0.05, 0) is 33.1 Å². The average Bonchev–Trinajstić information content (AvgIpc) is 2.67. The van der Waals surface area contributed by atoms with Gasteiger partial charge in [0.2, 0.25) is 0 Å². The van der Waals surface area contributed by atoms with Gasteiger partial charge in [0.25, 0.3) is 0 Å². The van der Waals surface area contributed by atoms with Gasteiger partial charge >= 0.3 is 0 Å². The smallest absolute Gasteiger partial charge is 0.151 e. The van der Waals surface area contributed by atoms with Gasteiger partial charge in [-0.1, -0.05) is 6.58 Å². The highest BCUT2D eigenvalue weighted by Crippen LogP contribution is 2.29. The summed E-state index contributed by atoms with van der Waals surface area (Å²) in [6, 6.07) is 0. The van der Waals surface area contributed by atoms with Crippen LogP contribution in [0.4, 0.5) is 5.82 Å². The Hall–Kier alpha value is -1.25. The second-order valence-electron chi connectivity index (χ2n) is 3.80. The number of rotatable bonds is 3. The molecule has 3 heteroatoms. The van der Waals surface area contributed by atoms with Crippen LogP contribution in [0.1, 0.15) is 31.5 Å². The Bertz CT molecular complexity index is 363. The molecule has 3 nitrogen and oxygen atoms in total. The summed E-state index contributed by atoms with van der Waals surface area (Å²) in [5.74, 6) is 1.06. The zero-order chi connectivity index (χ0) is 10.1. The molecule has 0 bridgehead atoms. The summed E-state index contributed by atoms with van der Waals surface area (Å²) >= 11 is 0. The highest BCUT2D eigenvalue weighted by molar-refractivity contribution is 5.54. The number of nitrogens with zero attached hydrogens (tertiary/aromatic N) is 2.